The molecule has 1 aliphatic carbocycles. The lowest BCUT2D eigenvalue weighted by atomic mass is 10.1. The summed E-state index contributed by atoms with van der Waals surface area (Å²) in [5.74, 6) is -0.133. The van der Waals surface area contributed by atoms with Crippen molar-refractivity contribution in [3.63, 3.8) is 0 Å². The van der Waals surface area contributed by atoms with Crippen molar-refractivity contribution in [2.24, 2.45) is 0 Å². The molecule has 0 aromatic heterocycles. The fourth-order valence-corrected chi connectivity index (χ4v) is 4.37. The highest BCUT2D eigenvalue weighted by Gasteiger charge is 2.28. The molecule has 23 heavy (non-hydrogen) atoms. The molecule has 0 atom stereocenters. The number of nitrogens with zero attached hydrogens (tertiary/aromatic N) is 2. The minimum atomic E-state index is -3.68. The zero-order valence-corrected chi connectivity index (χ0v) is 15.3. The fourth-order valence-electron chi connectivity index (χ4n) is 2.98. The van der Waals surface area contributed by atoms with Crippen LogP contribution < -0.4 is 0 Å². The molecule has 1 fully saturated rings. The first-order valence-corrected chi connectivity index (χ1v) is 9.64. The van der Waals surface area contributed by atoms with Crippen LogP contribution in [0.3, 0.4) is 0 Å². The highest BCUT2D eigenvalue weighted by atomic mass is 35.5. The minimum absolute atomic E-state index is 0.0301. The Morgan fingerprint density at radius 2 is 1.87 bits per heavy atom. The van der Waals surface area contributed by atoms with E-state index >= 15 is 0 Å². The second-order valence-corrected chi connectivity index (χ2v) is 8.49. The normalized spacial score (nSPS) is 16.0. The number of sulfonamides is 1. The Morgan fingerprint density at radius 1 is 1.26 bits per heavy atom. The fraction of sp³-hybridized carbons (Fsp3) is 0.562. The molecule has 1 aromatic carbocycles. The smallest absolute Gasteiger partial charge is 0.254 e. The van der Waals surface area contributed by atoms with Gasteiger partial charge in [0.1, 0.15) is 4.90 Å². The molecule has 0 spiro atoms. The molecule has 0 aliphatic heterocycles. The van der Waals surface area contributed by atoms with Crippen molar-refractivity contribution in [3.8, 4) is 0 Å². The zero-order valence-electron chi connectivity index (χ0n) is 13.8. The van der Waals surface area contributed by atoms with Crippen LogP contribution in [0.15, 0.2) is 23.1 Å². The maximum absolute atomic E-state index is 12.8. The van der Waals surface area contributed by atoms with E-state index in [1.807, 2.05) is 11.8 Å². The van der Waals surface area contributed by atoms with E-state index in [9.17, 15) is 13.2 Å². The number of benzene rings is 1. The summed E-state index contributed by atoms with van der Waals surface area (Å²) >= 11 is 6.04. The van der Waals surface area contributed by atoms with E-state index in [0.29, 0.717) is 12.1 Å². The largest absolute Gasteiger partial charge is 0.336 e. The molecule has 0 bridgehead atoms. The predicted molar refractivity (Wildman–Crippen MR) is 91.3 cm³/mol. The summed E-state index contributed by atoms with van der Waals surface area (Å²) in [4.78, 5) is 14.6. The number of hydrogen-bond acceptors (Lipinski definition) is 3. The van der Waals surface area contributed by atoms with E-state index in [1.165, 1.54) is 26.2 Å². The summed E-state index contributed by atoms with van der Waals surface area (Å²) < 4.78 is 25.8. The molecule has 7 heteroatoms. The molecule has 128 valence electrons. The van der Waals surface area contributed by atoms with E-state index in [0.717, 1.165) is 30.0 Å². The van der Waals surface area contributed by atoms with Gasteiger partial charge in [-0.2, -0.15) is 0 Å². The van der Waals surface area contributed by atoms with Crippen LogP contribution in [0.2, 0.25) is 5.02 Å². The molecule has 1 amide bonds. The average molecular weight is 359 g/mol. The van der Waals surface area contributed by atoms with Gasteiger partial charge in [-0.15, -0.1) is 0 Å². The summed E-state index contributed by atoms with van der Waals surface area (Å²) in [7, 11) is -0.801. The van der Waals surface area contributed by atoms with Crippen LogP contribution in [-0.2, 0) is 10.0 Å². The van der Waals surface area contributed by atoms with Crippen LogP contribution >= 0.6 is 11.6 Å². The maximum atomic E-state index is 12.8. The summed E-state index contributed by atoms with van der Waals surface area (Å²) in [6, 6.07) is 4.71. The van der Waals surface area contributed by atoms with E-state index in [1.54, 1.807) is 6.07 Å². The average Bonchev–Trinajstić information content (AvgIpc) is 3.02. The first-order chi connectivity index (χ1) is 10.8. The molecule has 0 heterocycles. The van der Waals surface area contributed by atoms with Crippen LogP contribution in [0.25, 0.3) is 0 Å². The van der Waals surface area contributed by atoms with Crippen molar-refractivity contribution in [1.29, 1.82) is 0 Å². The first-order valence-electron chi connectivity index (χ1n) is 7.82. The number of carbonyl (C=O) groups excluding carboxylic acids is 1. The van der Waals surface area contributed by atoms with Gasteiger partial charge in [0.2, 0.25) is 10.0 Å². The molecule has 0 radical (unpaired) electrons. The van der Waals surface area contributed by atoms with Crippen LogP contribution in [0.4, 0.5) is 0 Å². The third-order valence-corrected chi connectivity index (χ3v) is 6.60. The lowest BCUT2D eigenvalue weighted by Crippen LogP contribution is -2.38. The van der Waals surface area contributed by atoms with Gasteiger partial charge in [-0.3, -0.25) is 4.79 Å². The summed E-state index contributed by atoms with van der Waals surface area (Å²) in [6.45, 7) is 2.56. The topological polar surface area (TPSA) is 57.7 Å². The van der Waals surface area contributed by atoms with Crippen molar-refractivity contribution in [2.75, 3.05) is 20.6 Å². The van der Waals surface area contributed by atoms with Crippen molar-refractivity contribution in [1.82, 2.24) is 9.21 Å². The molecular weight excluding hydrogens is 336 g/mol. The second-order valence-electron chi connectivity index (χ2n) is 5.96. The Kier molecular flexibility index (Phi) is 5.70. The van der Waals surface area contributed by atoms with E-state index in [2.05, 4.69) is 0 Å². The number of halogens is 1. The maximum Gasteiger partial charge on any atom is 0.254 e. The molecular formula is C16H23ClN2O3S. The lowest BCUT2D eigenvalue weighted by Gasteiger charge is -2.28. The Hall–Kier alpha value is -1.11. The molecule has 1 saturated carbocycles. The van der Waals surface area contributed by atoms with Crippen molar-refractivity contribution < 1.29 is 13.2 Å². The third-order valence-electron chi connectivity index (χ3n) is 4.30. The SMILES string of the molecule is CCN(C(=O)c1ccc(Cl)c(S(=O)(=O)N(C)C)c1)C1CCCC1. The Morgan fingerprint density at radius 3 is 2.39 bits per heavy atom. The second kappa shape index (κ2) is 7.20. The van der Waals surface area contributed by atoms with Crippen LogP contribution in [0.1, 0.15) is 43.0 Å². The Bertz CT molecular complexity index is 683. The molecule has 5 nitrogen and oxygen atoms in total. The van der Waals surface area contributed by atoms with Gasteiger partial charge in [-0.05, 0) is 38.0 Å². The van der Waals surface area contributed by atoms with Crippen molar-refractivity contribution >= 4 is 27.5 Å². The number of rotatable bonds is 5. The number of carbonyl (C=O) groups is 1. The van der Waals surface area contributed by atoms with E-state index < -0.39 is 10.0 Å². The Balaban J connectivity index is 2.38. The summed E-state index contributed by atoms with van der Waals surface area (Å²) in [6.07, 6.45) is 4.29. The quantitative estimate of drug-likeness (QED) is 0.813. The minimum Gasteiger partial charge on any atom is -0.336 e. The van der Waals surface area contributed by atoms with Crippen LogP contribution in [-0.4, -0.2) is 50.2 Å². The highest BCUT2D eigenvalue weighted by Crippen LogP contribution is 2.28. The molecule has 1 aromatic rings. The lowest BCUT2D eigenvalue weighted by molar-refractivity contribution is 0.0693. The monoisotopic (exact) mass is 358 g/mol. The van der Waals surface area contributed by atoms with E-state index in [-0.39, 0.29) is 21.9 Å². The van der Waals surface area contributed by atoms with E-state index in [4.69, 9.17) is 11.6 Å². The molecule has 2 rings (SSSR count). The zero-order chi connectivity index (χ0) is 17.2. The van der Waals surface area contributed by atoms with Gasteiger partial charge in [0.05, 0.1) is 5.02 Å². The Labute approximate surface area is 143 Å². The van der Waals surface area contributed by atoms with Crippen LogP contribution in [0.5, 0.6) is 0 Å². The van der Waals surface area contributed by atoms with Gasteiger partial charge < -0.3 is 4.90 Å². The van der Waals surface area contributed by atoms with Gasteiger partial charge >= 0.3 is 0 Å². The highest BCUT2D eigenvalue weighted by molar-refractivity contribution is 7.89. The molecule has 0 unspecified atom stereocenters. The van der Waals surface area contributed by atoms with Gasteiger partial charge in [0.15, 0.2) is 0 Å². The molecule has 1 aliphatic rings. The number of hydrogen-bond donors (Lipinski definition) is 0. The van der Waals surface area contributed by atoms with Gasteiger partial charge in [0.25, 0.3) is 5.91 Å². The van der Waals surface area contributed by atoms with Gasteiger partial charge in [0, 0.05) is 32.2 Å². The van der Waals surface area contributed by atoms with Gasteiger partial charge in [-0.1, -0.05) is 24.4 Å². The van der Waals surface area contributed by atoms with Crippen molar-refractivity contribution in [2.45, 2.75) is 43.5 Å². The predicted octanol–water partition coefficient (Wildman–Crippen LogP) is 3.00. The van der Waals surface area contributed by atoms with Crippen LogP contribution in [0, 0.1) is 0 Å². The first kappa shape index (κ1) is 18.2. The van der Waals surface area contributed by atoms with Crippen molar-refractivity contribution in [3.05, 3.63) is 28.8 Å². The molecule has 0 saturated heterocycles. The summed E-state index contributed by atoms with van der Waals surface area (Å²) in [5.41, 5.74) is 0.364. The molecule has 0 N–H and O–H groups in total. The summed E-state index contributed by atoms with van der Waals surface area (Å²) in [5, 5.41) is 0.124. The van der Waals surface area contributed by atoms with Gasteiger partial charge in [-0.25, -0.2) is 12.7 Å². The number of amides is 1. The standard InChI is InChI=1S/C16H23ClN2O3S/c1-4-19(13-7-5-6-8-13)16(20)12-9-10-14(17)15(11-12)23(21,22)18(2)3/h9-11,13H,4-8H2,1-3H3. The third kappa shape index (κ3) is 3.70.